The number of hydrogen-bond acceptors (Lipinski definition) is 10. The molecule has 0 aliphatic heterocycles. The van der Waals surface area contributed by atoms with Crippen molar-refractivity contribution >= 4 is 64.2 Å². The molecule has 5 atom stereocenters. The average Bonchev–Trinajstić information content (AvgIpc) is 3.58. The van der Waals surface area contributed by atoms with Gasteiger partial charge in [-0.15, -0.1) is 0 Å². The lowest BCUT2D eigenvalue weighted by molar-refractivity contribution is -0.138. The van der Waals surface area contributed by atoms with E-state index in [0.717, 1.165) is 16.5 Å². The van der Waals surface area contributed by atoms with Gasteiger partial charge in [0, 0.05) is 30.2 Å². The number of nitrogens with one attached hydrogen (secondary N) is 7. The number of nitrogens with two attached hydrogens (primary N) is 5. The molecule has 0 unspecified atom stereocenters. The Hall–Kier alpha value is -6.45. The molecule has 0 aliphatic rings. The number of fused-ring (bicyclic) bond motifs is 1. The number of carboxylic acids is 1. The lowest BCUT2D eigenvalue weighted by atomic mass is 9.98. The normalized spacial score (nSPS) is 13.5. The van der Waals surface area contributed by atoms with Crippen molar-refractivity contribution in [1.82, 2.24) is 36.9 Å². The first kappa shape index (κ1) is 49.7. The van der Waals surface area contributed by atoms with Gasteiger partial charge in [-0.1, -0.05) is 45.9 Å². The molecule has 2 aromatic rings. The van der Waals surface area contributed by atoms with Gasteiger partial charge < -0.3 is 70.7 Å². The highest BCUT2D eigenvalue weighted by Gasteiger charge is 2.33. The van der Waals surface area contributed by atoms with Crippen molar-refractivity contribution < 1.29 is 38.7 Å². The van der Waals surface area contributed by atoms with E-state index in [0.29, 0.717) is 0 Å². The third kappa shape index (κ3) is 18.0. The third-order valence-corrected chi connectivity index (χ3v) is 9.05. The Kier molecular flexibility index (Phi) is 20.8. The molecule has 22 nitrogen and oxygen atoms in total. The second-order valence-corrected chi connectivity index (χ2v) is 15.0. The number of carboxylic acid groups (broad SMARTS) is 1. The van der Waals surface area contributed by atoms with Crippen LogP contribution in [-0.4, -0.2) is 120 Å². The summed E-state index contributed by atoms with van der Waals surface area (Å²) in [6.07, 6.45) is 2.75. The quantitative estimate of drug-likeness (QED) is 0.0257. The highest BCUT2D eigenvalue weighted by Crippen LogP contribution is 2.19. The SMILES string of the molecule is CC(C)C[C@H](NC(=O)[C@@H](N)Cc1c[nH]c2ccccc12)C(=O)N[C@H](C(=O)N[C@@H](CCCN=C(N)N)C(=O)NCC(=O)N[C@@H](CCCN=C(N)N)C(=O)NCC(=O)O)C(C)C. The van der Waals surface area contributed by atoms with Crippen LogP contribution in [0.1, 0.15) is 65.4 Å². The van der Waals surface area contributed by atoms with Gasteiger partial charge in [-0.25, -0.2) is 0 Å². The standard InChI is InChI=1S/C38H62N14O8/c1-20(2)15-28(51-32(56)24(39)16-22-17-46-25-10-6-5-9-23(22)25)35(59)52-31(21(3)4)36(60)50-27(12-8-14-45-38(42)43)34(58)47-18-29(53)49-26(11-7-13-44-37(40)41)33(57)48-19-30(54)55/h5-6,9-10,17,20-21,24,26-28,31,46H,7-8,11-16,18-19,39H2,1-4H3,(H,47,58)(H,48,57)(H,49,53)(H,50,60)(H,51,56)(H,52,59)(H,54,55)(H4,40,41,44)(H4,42,43,45)/t24-,26-,27-,28-,31-/m0/s1. The number of aromatic nitrogens is 1. The molecule has 18 N–H and O–H groups in total. The fourth-order valence-corrected chi connectivity index (χ4v) is 6.03. The van der Waals surface area contributed by atoms with E-state index in [1.54, 1.807) is 20.0 Å². The van der Waals surface area contributed by atoms with Crippen molar-refractivity contribution in [3.63, 3.8) is 0 Å². The number of hydrogen-bond donors (Lipinski definition) is 13. The van der Waals surface area contributed by atoms with Crippen LogP contribution >= 0.6 is 0 Å². The number of aliphatic imine (C=N–C) groups is 2. The van der Waals surface area contributed by atoms with Crippen LogP contribution in [0.4, 0.5) is 0 Å². The third-order valence-electron chi connectivity index (χ3n) is 9.05. The summed E-state index contributed by atoms with van der Waals surface area (Å²) in [7, 11) is 0. The highest BCUT2D eigenvalue weighted by molar-refractivity contribution is 5.96. The second-order valence-electron chi connectivity index (χ2n) is 15.0. The van der Waals surface area contributed by atoms with Crippen LogP contribution in [0.5, 0.6) is 0 Å². The maximum Gasteiger partial charge on any atom is 0.322 e. The first-order valence-corrected chi connectivity index (χ1v) is 19.7. The lowest BCUT2D eigenvalue weighted by Gasteiger charge is -2.28. The Bertz CT molecular complexity index is 1840. The average molecular weight is 843 g/mol. The Morgan fingerprint density at radius 2 is 1.25 bits per heavy atom. The summed E-state index contributed by atoms with van der Waals surface area (Å²) in [5.74, 6) is -6.41. The van der Waals surface area contributed by atoms with Crippen LogP contribution in [0.25, 0.3) is 10.9 Å². The summed E-state index contributed by atoms with van der Waals surface area (Å²) in [6.45, 7) is 6.05. The molecule has 0 bridgehead atoms. The number of carbonyl (C=O) groups is 7. The molecular formula is C38H62N14O8. The van der Waals surface area contributed by atoms with Crippen LogP contribution < -0.4 is 60.6 Å². The van der Waals surface area contributed by atoms with Crippen molar-refractivity contribution in [2.75, 3.05) is 26.2 Å². The molecular weight excluding hydrogens is 781 g/mol. The molecule has 332 valence electrons. The lowest BCUT2D eigenvalue weighted by Crippen LogP contribution is -2.59. The number of guanidine groups is 2. The second kappa shape index (κ2) is 25.1. The summed E-state index contributed by atoms with van der Waals surface area (Å²) in [5.41, 5.74) is 29.6. The Balaban J connectivity index is 2.17. The van der Waals surface area contributed by atoms with E-state index in [4.69, 9.17) is 33.8 Å². The van der Waals surface area contributed by atoms with E-state index < -0.39 is 90.6 Å². The topological polar surface area (TPSA) is 383 Å². The van der Waals surface area contributed by atoms with Gasteiger partial charge in [-0.2, -0.15) is 0 Å². The van der Waals surface area contributed by atoms with Crippen LogP contribution in [0.3, 0.4) is 0 Å². The number of carbonyl (C=O) groups excluding carboxylic acids is 6. The Labute approximate surface area is 348 Å². The van der Waals surface area contributed by atoms with Gasteiger partial charge in [-0.3, -0.25) is 43.5 Å². The summed E-state index contributed by atoms with van der Waals surface area (Å²) < 4.78 is 0. The zero-order valence-corrected chi connectivity index (χ0v) is 34.6. The van der Waals surface area contributed by atoms with E-state index >= 15 is 0 Å². The van der Waals surface area contributed by atoms with Crippen molar-refractivity contribution in [3.8, 4) is 0 Å². The molecule has 6 amide bonds. The van der Waals surface area contributed by atoms with E-state index in [9.17, 15) is 33.6 Å². The minimum Gasteiger partial charge on any atom is -0.480 e. The number of benzene rings is 1. The minimum absolute atomic E-state index is 0.0140. The van der Waals surface area contributed by atoms with Crippen molar-refractivity contribution in [3.05, 3.63) is 36.0 Å². The molecule has 0 spiro atoms. The van der Waals surface area contributed by atoms with Gasteiger partial charge in [0.05, 0.1) is 12.6 Å². The highest BCUT2D eigenvalue weighted by atomic mass is 16.4. The largest absolute Gasteiger partial charge is 0.480 e. The summed E-state index contributed by atoms with van der Waals surface area (Å²) in [4.78, 5) is 102. The number of H-pyrrole nitrogens is 1. The molecule has 22 heteroatoms. The van der Waals surface area contributed by atoms with Gasteiger partial charge in [0.2, 0.25) is 35.4 Å². The van der Waals surface area contributed by atoms with Crippen molar-refractivity contribution in [1.29, 1.82) is 0 Å². The molecule has 1 aromatic carbocycles. The van der Waals surface area contributed by atoms with Crippen LogP contribution in [0, 0.1) is 11.8 Å². The van der Waals surface area contributed by atoms with Crippen LogP contribution in [-0.2, 0) is 40.0 Å². The first-order valence-electron chi connectivity index (χ1n) is 19.7. The first-order chi connectivity index (χ1) is 28.3. The number of aromatic amines is 1. The molecule has 0 saturated heterocycles. The van der Waals surface area contributed by atoms with Crippen LogP contribution in [0.15, 0.2) is 40.4 Å². The molecule has 0 aliphatic carbocycles. The maximum atomic E-state index is 13.8. The van der Waals surface area contributed by atoms with Gasteiger partial charge in [-0.05, 0) is 62.0 Å². The molecule has 1 heterocycles. The van der Waals surface area contributed by atoms with Crippen molar-refractivity contribution in [2.45, 2.75) is 96.4 Å². The molecule has 1 aromatic heterocycles. The Morgan fingerprint density at radius 3 is 1.80 bits per heavy atom. The summed E-state index contributed by atoms with van der Waals surface area (Å²) in [5, 5.41) is 25.1. The Morgan fingerprint density at radius 1 is 0.700 bits per heavy atom. The van der Waals surface area contributed by atoms with E-state index in [-0.39, 0.29) is 69.5 Å². The van der Waals surface area contributed by atoms with Crippen molar-refractivity contribution in [2.24, 2.45) is 50.5 Å². The molecule has 60 heavy (non-hydrogen) atoms. The number of nitrogens with zero attached hydrogens (tertiary/aromatic N) is 2. The van der Waals surface area contributed by atoms with Gasteiger partial charge in [0.25, 0.3) is 0 Å². The number of aliphatic carboxylic acids is 1. The van der Waals surface area contributed by atoms with E-state index in [2.05, 4.69) is 46.9 Å². The maximum absolute atomic E-state index is 13.8. The van der Waals surface area contributed by atoms with Gasteiger partial charge in [0.15, 0.2) is 11.9 Å². The number of rotatable bonds is 26. The number of amides is 6. The zero-order chi connectivity index (χ0) is 44.9. The zero-order valence-electron chi connectivity index (χ0n) is 34.6. The fraction of sp³-hybridized carbons (Fsp3) is 0.553. The summed E-state index contributed by atoms with van der Waals surface area (Å²) >= 11 is 0. The molecule has 2 rings (SSSR count). The molecule has 0 fully saturated rings. The van der Waals surface area contributed by atoms with E-state index in [1.807, 2.05) is 38.1 Å². The molecule has 0 radical (unpaired) electrons. The minimum atomic E-state index is -1.30. The van der Waals surface area contributed by atoms with Gasteiger partial charge >= 0.3 is 5.97 Å². The smallest absolute Gasteiger partial charge is 0.322 e. The predicted molar refractivity (Wildman–Crippen MR) is 225 cm³/mol. The van der Waals surface area contributed by atoms with Gasteiger partial charge in [0.1, 0.15) is 30.7 Å². The monoisotopic (exact) mass is 842 g/mol. The summed E-state index contributed by atoms with van der Waals surface area (Å²) in [6, 6.07) is 1.98. The predicted octanol–water partition coefficient (Wildman–Crippen LogP) is -2.90. The van der Waals surface area contributed by atoms with E-state index in [1.165, 1.54) is 0 Å². The fourth-order valence-electron chi connectivity index (χ4n) is 6.03. The number of para-hydroxylation sites is 1. The van der Waals surface area contributed by atoms with Crippen LogP contribution in [0.2, 0.25) is 0 Å². The molecule has 0 saturated carbocycles.